The summed E-state index contributed by atoms with van der Waals surface area (Å²) in [6.45, 7) is 2.11. The Labute approximate surface area is 110 Å². The Bertz CT molecular complexity index is 456. The molecule has 0 aromatic heterocycles. The Morgan fingerprint density at radius 3 is 2.94 bits per heavy atom. The summed E-state index contributed by atoms with van der Waals surface area (Å²) in [4.78, 5) is 2.29. The highest BCUT2D eigenvalue weighted by atomic mass is 32.1. The van der Waals surface area contributed by atoms with Crippen molar-refractivity contribution in [1.82, 2.24) is 4.90 Å². The zero-order valence-electron chi connectivity index (χ0n) is 9.73. The molecule has 0 saturated carbocycles. The van der Waals surface area contributed by atoms with Crippen LogP contribution in [0.2, 0.25) is 0 Å². The van der Waals surface area contributed by atoms with Gasteiger partial charge in [0.15, 0.2) is 0 Å². The van der Waals surface area contributed by atoms with E-state index in [1.807, 2.05) is 4.90 Å². The summed E-state index contributed by atoms with van der Waals surface area (Å²) >= 11 is 4.88. The fraction of sp³-hybridized carbons (Fsp3) is 0.417. The highest BCUT2D eigenvalue weighted by Gasteiger charge is 2.23. The normalized spacial score (nSPS) is 20.9. The number of thiocarbonyl (C=S) groups is 1. The monoisotopic (exact) mass is 272 g/mol. The first-order chi connectivity index (χ1) is 8.56. The largest absolute Gasteiger partial charge is 0.391 e. The van der Waals surface area contributed by atoms with Crippen LogP contribution in [0.25, 0.3) is 0 Å². The lowest BCUT2D eigenvalue weighted by Gasteiger charge is -2.32. The van der Waals surface area contributed by atoms with Crippen molar-refractivity contribution in [3.63, 3.8) is 0 Å². The topological polar surface area (TPSA) is 38.5 Å². The molecule has 1 fully saturated rings. The molecule has 0 bridgehead atoms. The third kappa shape index (κ3) is 3.22. The molecular weight excluding hydrogens is 258 g/mol. The number of nitrogens with zero attached hydrogens (tertiary/aromatic N) is 1. The van der Waals surface area contributed by atoms with Gasteiger partial charge in [-0.05, 0) is 6.07 Å². The number of ether oxygens (including phenoxy) is 1. The van der Waals surface area contributed by atoms with Crippen molar-refractivity contribution in [3.8, 4) is 0 Å². The number of halogens is 2. The Hall–Kier alpha value is -1.11. The summed E-state index contributed by atoms with van der Waals surface area (Å²) in [6, 6.07) is 3.60. The van der Waals surface area contributed by atoms with Gasteiger partial charge in [-0.1, -0.05) is 18.3 Å². The molecular formula is C12H14F2N2OS. The van der Waals surface area contributed by atoms with Crippen LogP contribution >= 0.6 is 12.2 Å². The van der Waals surface area contributed by atoms with Gasteiger partial charge in [0.1, 0.15) is 22.7 Å². The Morgan fingerprint density at radius 2 is 2.28 bits per heavy atom. The van der Waals surface area contributed by atoms with Crippen LogP contribution in [0.5, 0.6) is 0 Å². The van der Waals surface area contributed by atoms with Gasteiger partial charge < -0.3 is 10.5 Å². The Kier molecular flexibility index (Phi) is 4.21. The van der Waals surface area contributed by atoms with Crippen molar-refractivity contribution in [2.24, 2.45) is 5.73 Å². The maximum Gasteiger partial charge on any atom is 0.130 e. The number of benzene rings is 1. The molecule has 1 aromatic carbocycles. The molecule has 2 N–H and O–H groups in total. The van der Waals surface area contributed by atoms with Crippen LogP contribution in [0.15, 0.2) is 18.2 Å². The molecule has 1 aliphatic rings. The van der Waals surface area contributed by atoms with E-state index in [1.165, 1.54) is 12.1 Å². The first-order valence-corrected chi connectivity index (χ1v) is 6.04. The van der Waals surface area contributed by atoms with Crippen LogP contribution < -0.4 is 5.73 Å². The Balaban J connectivity index is 2.02. The molecule has 3 nitrogen and oxygen atoms in total. The van der Waals surface area contributed by atoms with E-state index in [2.05, 4.69) is 0 Å². The molecule has 0 amide bonds. The minimum Gasteiger partial charge on any atom is -0.391 e. The van der Waals surface area contributed by atoms with E-state index >= 15 is 0 Å². The van der Waals surface area contributed by atoms with Gasteiger partial charge in [0.2, 0.25) is 0 Å². The van der Waals surface area contributed by atoms with Gasteiger partial charge in [0.25, 0.3) is 0 Å². The fourth-order valence-electron chi connectivity index (χ4n) is 1.91. The summed E-state index contributed by atoms with van der Waals surface area (Å²) < 4.78 is 31.7. The van der Waals surface area contributed by atoms with Crippen LogP contribution in [0.4, 0.5) is 8.78 Å². The minimum atomic E-state index is -0.570. The quantitative estimate of drug-likeness (QED) is 0.845. The van der Waals surface area contributed by atoms with E-state index in [-0.39, 0.29) is 6.10 Å². The molecule has 1 saturated heterocycles. The zero-order chi connectivity index (χ0) is 13.1. The van der Waals surface area contributed by atoms with Crippen LogP contribution in [-0.2, 0) is 11.3 Å². The van der Waals surface area contributed by atoms with Crippen molar-refractivity contribution in [3.05, 3.63) is 35.4 Å². The molecule has 18 heavy (non-hydrogen) atoms. The third-order valence-corrected chi connectivity index (χ3v) is 3.14. The van der Waals surface area contributed by atoms with Crippen molar-refractivity contribution < 1.29 is 13.5 Å². The third-order valence-electron chi connectivity index (χ3n) is 2.88. The Morgan fingerprint density at radius 1 is 1.50 bits per heavy atom. The van der Waals surface area contributed by atoms with E-state index < -0.39 is 11.6 Å². The first-order valence-electron chi connectivity index (χ1n) is 5.63. The summed E-state index contributed by atoms with van der Waals surface area (Å²) in [5.41, 5.74) is 5.99. The smallest absolute Gasteiger partial charge is 0.130 e. The van der Waals surface area contributed by atoms with Crippen LogP contribution in [0, 0.1) is 11.6 Å². The predicted molar refractivity (Wildman–Crippen MR) is 68.2 cm³/mol. The molecule has 6 heteroatoms. The average Bonchev–Trinajstić information content (AvgIpc) is 2.33. The summed E-state index contributed by atoms with van der Waals surface area (Å²) in [7, 11) is 0. The zero-order valence-corrected chi connectivity index (χ0v) is 10.6. The number of morpholine rings is 1. The first kappa shape index (κ1) is 13.3. The lowest BCUT2D eigenvalue weighted by molar-refractivity contribution is 0.00353. The van der Waals surface area contributed by atoms with Gasteiger partial charge in [-0.2, -0.15) is 0 Å². The fourth-order valence-corrected chi connectivity index (χ4v) is 2.05. The second-order valence-electron chi connectivity index (χ2n) is 4.23. The van der Waals surface area contributed by atoms with Crippen LogP contribution in [0.3, 0.4) is 0 Å². The van der Waals surface area contributed by atoms with Gasteiger partial charge in [-0.3, -0.25) is 4.90 Å². The molecule has 0 spiro atoms. The summed E-state index contributed by atoms with van der Waals surface area (Å²) in [5, 5.41) is 0. The molecule has 1 atom stereocenters. The number of rotatable bonds is 3. The lowest BCUT2D eigenvalue weighted by atomic mass is 10.1. The molecule has 1 unspecified atom stereocenters. The molecule has 98 valence electrons. The number of nitrogens with two attached hydrogens (primary N) is 1. The molecule has 1 heterocycles. The average molecular weight is 272 g/mol. The van der Waals surface area contributed by atoms with Gasteiger partial charge in [0.05, 0.1) is 6.61 Å². The molecule has 0 radical (unpaired) electrons. The van der Waals surface area contributed by atoms with Crippen molar-refractivity contribution in [1.29, 1.82) is 0 Å². The predicted octanol–water partition coefficient (Wildman–Crippen LogP) is 1.45. The molecule has 0 aliphatic carbocycles. The SMILES string of the molecule is NC(=S)C1CN(Cc2ccc(F)cc2F)CCO1. The van der Waals surface area contributed by atoms with Crippen LogP contribution in [0.1, 0.15) is 5.56 Å². The highest BCUT2D eigenvalue weighted by Crippen LogP contribution is 2.14. The van der Waals surface area contributed by atoms with Crippen molar-refractivity contribution in [2.45, 2.75) is 12.6 Å². The highest BCUT2D eigenvalue weighted by molar-refractivity contribution is 7.80. The molecule has 1 aromatic rings. The molecule has 2 rings (SSSR count). The number of hydrogen-bond acceptors (Lipinski definition) is 3. The number of hydrogen-bond donors (Lipinski definition) is 1. The van der Waals surface area contributed by atoms with E-state index in [9.17, 15) is 8.78 Å². The van der Waals surface area contributed by atoms with Gasteiger partial charge in [-0.15, -0.1) is 0 Å². The lowest BCUT2D eigenvalue weighted by Crippen LogP contribution is -2.47. The van der Waals surface area contributed by atoms with Gasteiger partial charge in [0, 0.05) is 31.3 Å². The summed E-state index contributed by atoms with van der Waals surface area (Å²) in [6.07, 6.45) is -0.294. The second-order valence-corrected chi connectivity index (χ2v) is 4.70. The van der Waals surface area contributed by atoms with Gasteiger partial charge >= 0.3 is 0 Å². The minimum absolute atomic E-state index is 0.294. The summed E-state index contributed by atoms with van der Waals surface area (Å²) in [5.74, 6) is -1.10. The van der Waals surface area contributed by atoms with Crippen molar-refractivity contribution in [2.75, 3.05) is 19.7 Å². The maximum atomic E-state index is 13.5. The van der Waals surface area contributed by atoms with E-state index in [0.29, 0.717) is 36.8 Å². The molecule has 1 aliphatic heterocycles. The second kappa shape index (κ2) is 5.69. The standard InChI is InChI=1S/C12H14F2N2OS/c13-9-2-1-8(10(14)5-9)6-16-3-4-17-11(7-16)12(15)18/h1-2,5,11H,3-4,6-7H2,(H2,15,18). The van der Waals surface area contributed by atoms with E-state index in [1.54, 1.807) is 0 Å². The van der Waals surface area contributed by atoms with Gasteiger partial charge in [-0.25, -0.2) is 8.78 Å². The van der Waals surface area contributed by atoms with Crippen LogP contribution in [-0.4, -0.2) is 35.7 Å². The van der Waals surface area contributed by atoms with E-state index in [0.717, 1.165) is 6.07 Å². The van der Waals surface area contributed by atoms with E-state index in [4.69, 9.17) is 22.7 Å². The van der Waals surface area contributed by atoms with Crippen molar-refractivity contribution >= 4 is 17.2 Å². The maximum absolute atomic E-state index is 13.5.